The molecule has 5 heterocycles. The highest BCUT2D eigenvalue weighted by Crippen LogP contribution is 2.40. The van der Waals surface area contributed by atoms with E-state index in [1.165, 1.54) is 24.1 Å². The SMILES string of the molecule is O=C(CCc1cn[nH]n1)N1C[C@@H]2CN(Cc3cc(OCC4CCOCC4)nc(C4CC4)c3)C[C@H]2C1. The maximum atomic E-state index is 12.7. The zero-order valence-corrected chi connectivity index (χ0v) is 20.4. The number of nitrogens with zero attached hydrogens (tertiary/aromatic N) is 5. The quantitative estimate of drug-likeness (QED) is 0.589. The Kier molecular flexibility index (Phi) is 6.69. The normalized spacial score (nSPS) is 25.2. The van der Waals surface area contributed by atoms with Gasteiger partial charge in [-0.1, -0.05) is 0 Å². The molecule has 0 aromatic carbocycles. The number of H-pyrrole nitrogens is 1. The molecular weight excluding hydrogens is 444 g/mol. The Morgan fingerprint density at radius 2 is 1.89 bits per heavy atom. The Hall–Kier alpha value is -2.52. The number of pyridine rings is 1. The third-order valence-electron chi connectivity index (χ3n) is 8.07. The lowest BCUT2D eigenvalue weighted by Gasteiger charge is -2.23. The monoisotopic (exact) mass is 480 g/mol. The fraction of sp³-hybridized carbons (Fsp3) is 0.692. The van der Waals surface area contributed by atoms with Gasteiger partial charge in [0.1, 0.15) is 0 Å². The highest BCUT2D eigenvalue weighted by Gasteiger charge is 2.41. The smallest absolute Gasteiger partial charge is 0.222 e. The van der Waals surface area contributed by atoms with Crippen LogP contribution in [0, 0.1) is 17.8 Å². The number of rotatable bonds is 9. The third kappa shape index (κ3) is 5.67. The van der Waals surface area contributed by atoms with Crippen molar-refractivity contribution < 1.29 is 14.3 Å². The second-order valence-corrected chi connectivity index (χ2v) is 10.9. The second-order valence-electron chi connectivity index (χ2n) is 10.9. The fourth-order valence-corrected chi connectivity index (χ4v) is 5.87. The average Bonchev–Trinajstić information content (AvgIpc) is 3.26. The minimum absolute atomic E-state index is 0.239. The van der Waals surface area contributed by atoms with Gasteiger partial charge in [-0.05, 0) is 55.1 Å². The lowest BCUT2D eigenvalue weighted by Crippen LogP contribution is -2.33. The molecule has 1 N–H and O–H groups in total. The fourth-order valence-electron chi connectivity index (χ4n) is 5.87. The van der Waals surface area contributed by atoms with E-state index in [-0.39, 0.29) is 5.91 Å². The molecule has 2 atom stereocenters. The molecular formula is C26H36N6O3. The van der Waals surface area contributed by atoms with Gasteiger partial charge in [0.05, 0.1) is 18.5 Å². The summed E-state index contributed by atoms with van der Waals surface area (Å²) in [7, 11) is 0. The van der Waals surface area contributed by atoms with E-state index < -0.39 is 0 Å². The summed E-state index contributed by atoms with van der Waals surface area (Å²) in [5.74, 6) is 3.34. The van der Waals surface area contributed by atoms with Crippen LogP contribution >= 0.6 is 0 Å². The first-order valence-corrected chi connectivity index (χ1v) is 13.3. The summed E-state index contributed by atoms with van der Waals surface area (Å²) in [6.45, 7) is 7.22. The summed E-state index contributed by atoms with van der Waals surface area (Å²) in [5, 5.41) is 10.5. The van der Waals surface area contributed by atoms with E-state index in [0.29, 0.717) is 36.5 Å². The Morgan fingerprint density at radius 3 is 2.60 bits per heavy atom. The van der Waals surface area contributed by atoms with Gasteiger partial charge >= 0.3 is 0 Å². The maximum Gasteiger partial charge on any atom is 0.222 e. The molecule has 4 fully saturated rings. The number of aromatic amines is 1. The van der Waals surface area contributed by atoms with Gasteiger partial charge in [-0.15, -0.1) is 0 Å². The van der Waals surface area contributed by atoms with Gasteiger partial charge < -0.3 is 14.4 Å². The van der Waals surface area contributed by atoms with Gasteiger partial charge in [-0.3, -0.25) is 9.69 Å². The van der Waals surface area contributed by atoms with Crippen LogP contribution in [0.15, 0.2) is 18.3 Å². The van der Waals surface area contributed by atoms with Gasteiger partial charge in [-0.25, -0.2) is 4.98 Å². The van der Waals surface area contributed by atoms with Crippen LogP contribution in [-0.2, 0) is 22.5 Å². The van der Waals surface area contributed by atoms with E-state index in [1.54, 1.807) is 6.20 Å². The molecule has 3 saturated heterocycles. The topological polar surface area (TPSA) is 96.5 Å². The Labute approximate surface area is 206 Å². The predicted octanol–water partition coefficient (Wildman–Crippen LogP) is 2.41. The Bertz CT molecular complexity index is 991. The van der Waals surface area contributed by atoms with Crippen molar-refractivity contribution in [3.8, 4) is 5.88 Å². The first-order chi connectivity index (χ1) is 17.2. The minimum Gasteiger partial charge on any atom is -0.477 e. The zero-order valence-electron chi connectivity index (χ0n) is 20.4. The van der Waals surface area contributed by atoms with Crippen molar-refractivity contribution in [2.24, 2.45) is 17.8 Å². The third-order valence-corrected chi connectivity index (χ3v) is 8.07. The molecule has 0 unspecified atom stereocenters. The van der Waals surface area contributed by atoms with Crippen molar-refractivity contribution >= 4 is 5.91 Å². The van der Waals surface area contributed by atoms with Crippen LogP contribution in [0.5, 0.6) is 5.88 Å². The van der Waals surface area contributed by atoms with Gasteiger partial charge in [0, 0.05) is 76.5 Å². The Balaban J connectivity index is 1.02. The number of carbonyl (C=O) groups is 1. The van der Waals surface area contributed by atoms with Crippen molar-refractivity contribution in [2.75, 3.05) is 46.0 Å². The lowest BCUT2D eigenvalue weighted by molar-refractivity contribution is -0.130. The number of hydrogen-bond acceptors (Lipinski definition) is 7. The van der Waals surface area contributed by atoms with Crippen molar-refractivity contribution in [2.45, 2.75) is 51.0 Å². The number of likely N-dealkylation sites (tertiary alicyclic amines) is 2. The minimum atomic E-state index is 0.239. The molecule has 9 heteroatoms. The van der Waals surface area contributed by atoms with Crippen molar-refractivity contribution in [1.29, 1.82) is 0 Å². The van der Waals surface area contributed by atoms with E-state index in [4.69, 9.17) is 14.5 Å². The molecule has 6 rings (SSSR count). The second kappa shape index (κ2) is 10.2. The van der Waals surface area contributed by atoms with Crippen molar-refractivity contribution in [3.05, 3.63) is 35.3 Å². The van der Waals surface area contributed by atoms with Crippen LogP contribution in [0.2, 0.25) is 0 Å². The van der Waals surface area contributed by atoms with Gasteiger partial charge in [-0.2, -0.15) is 15.4 Å². The van der Waals surface area contributed by atoms with Crippen LogP contribution in [0.25, 0.3) is 0 Å². The van der Waals surface area contributed by atoms with E-state index >= 15 is 0 Å². The highest BCUT2D eigenvalue weighted by atomic mass is 16.5. The van der Waals surface area contributed by atoms with Crippen LogP contribution in [0.3, 0.4) is 0 Å². The molecule has 188 valence electrons. The number of aromatic nitrogens is 4. The molecule has 0 spiro atoms. The van der Waals surface area contributed by atoms with Gasteiger partial charge in [0.2, 0.25) is 11.8 Å². The van der Waals surface area contributed by atoms with E-state index in [1.807, 2.05) is 0 Å². The first kappa shape index (κ1) is 22.9. The molecule has 2 aromatic rings. The molecule has 4 aliphatic rings. The predicted molar refractivity (Wildman–Crippen MR) is 129 cm³/mol. The Morgan fingerprint density at radius 1 is 1.09 bits per heavy atom. The number of amides is 1. The van der Waals surface area contributed by atoms with E-state index in [0.717, 1.165) is 77.0 Å². The first-order valence-electron chi connectivity index (χ1n) is 13.3. The number of hydrogen-bond donors (Lipinski definition) is 1. The number of ether oxygens (including phenoxy) is 2. The highest BCUT2D eigenvalue weighted by molar-refractivity contribution is 5.76. The van der Waals surface area contributed by atoms with Crippen LogP contribution in [0.4, 0.5) is 0 Å². The molecule has 35 heavy (non-hydrogen) atoms. The molecule has 1 amide bonds. The summed E-state index contributed by atoms with van der Waals surface area (Å²) in [5.41, 5.74) is 3.36. The molecule has 3 aliphatic heterocycles. The van der Waals surface area contributed by atoms with E-state index in [2.05, 4.69) is 37.3 Å². The molecule has 2 aromatic heterocycles. The van der Waals surface area contributed by atoms with Crippen molar-refractivity contribution in [1.82, 2.24) is 30.2 Å². The number of carbonyl (C=O) groups excluding carboxylic acids is 1. The number of nitrogens with one attached hydrogen (secondary N) is 1. The van der Waals surface area contributed by atoms with Gasteiger partial charge in [0.25, 0.3) is 0 Å². The van der Waals surface area contributed by atoms with Gasteiger partial charge in [0.15, 0.2) is 0 Å². The van der Waals surface area contributed by atoms with Crippen LogP contribution in [-0.4, -0.2) is 82.1 Å². The molecule has 0 bridgehead atoms. The van der Waals surface area contributed by atoms with Crippen LogP contribution in [0.1, 0.15) is 55.0 Å². The molecule has 9 nitrogen and oxygen atoms in total. The average molecular weight is 481 g/mol. The maximum absolute atomic E-state index is 12.7. The largest absolute Gasteiger partial charge is 0.477 e. The standard InChI is InChI=1S/C26H36N6O3/c33-26(4-3-23-11-27-30-29-23)32-15-21-13-31(14-22(21)16-32)12-19-9-24(20-1-2-20)28-25(10-19)35-17-18-5-7-34-8-6-18/h9-11,18,20-22H,1-8,12-17H2,(H,27,29,30)/t21-,22-/m0/s1. The summed E-state index contributed by atoms with van der Waals surface area (Å²) < 4.78 is 11.7. The summed E-state index contributed by atoms with van der Waals surface area (Å²) in [6, 6.07) is 4.45. The van der Waals surface area contributed by atoms with Crippen molar-refractivity contribution in [3.63, 3.8) is 0 Å². The summed E-state index contributed by atoms with van der Waals surface area (Å²) in [6.07, 6.45) is 7.48. The zero-order chi connectivity index (χ0) is 23.6. The van der Waals surface area contributed by atoms with Crippen LogP contribution < -0.4 is 4.74 Å². The number of fused-ring (bicyclic) bond motifs is 1. The summed E-state index contributed by atoms with van der Waals surface area (Å²) in [4.78, 5) is 22.2. The molecule has 1 saturated carbocycles. The summed E-state index contributed by atoms with van der Waals surface area (Å²) >= 11 is 0. The lowest BCUT2D eigenvalue weighted by atomic mass is 10.0. The molecule has 1 aliphatic carbocycles. The number of aryl methyl sites for hydroxylation is 1. The van der Waals surface area contributed by atoms with E-state index in [9.17, 15) is 4.79 Å². The molecule has 0 radical (unpaired) electrons.